The molecule has 0 aromatic carbocycles. The fourth-order valence-electron chi connectivity index (χ4n) is 1.36. The average molecular weight is 178 g/mol. The fourth-order valence-corrected chi connectivity index (χ4v) is 1.36. The Morgan fingerprint density at radius 1 is 1.31 bits per heavy atom. The second-order valence-electron chi connectivity index (χ2n) is 3.57. The molecule has 2 N–H and O–H groups in total. The molecule has 0 aliphatic heterocycles. The van der Waals surface area contributed by atoms with Crippen LogP contribution in [0.4, 0.5) is 0 Å². The summed E-state index contributed by atoms with van der Waals surface area (Å²) in [5.74, 6) is 0. The molecule has 0 fully saturated rings. The Balaban J connectivity index is 2.68. The third-order valence-corrected chi connectivity index (χ3v) is 2.67. The topological polar surface area (TPSA) is 38.9 Å². The van der Waals surface area contributed by atoms with Gasteiger partial charge in [-0.05, 0) is 25.0 Å². The second kappa shape index (κ2) is 4.38. The van der Waals surface area contributed by atoms with Gasteiger partial charge in [-0.3, -0.25) is 4.98 Å². The summed E-state index contributed by atoms with van der Waals surface area (Å²) >= 11 is 0. The van der Waals surface area contributed by atoms with Crippen LogP contribution in [0.3, 0.4) is 0 Å². The molecule has 1 heterocycles. The number of pyridine rings is 1. The van der Waals surface area contributed by atoms with Gasteiger partial charge in [-0.1, -0.05) is 19.9 Å². The van der Waals surface area contributed by atoms with Crippen molar-refractivity contribution in [1.82, 2.24) is 4.98 Å². The molecule has 0 saturated heterocycles. The van der Waals surface area contributed by atoms with Gasteiger partial charge in [0.25, 0.3) is 0 Å². The molecule has 0 radical (unpaired) electrons. The maximum Gasteiger partial charge on any atom is 0.0421 e. The lowest BCUT2D eigenvalue weighted by atomic mass is 9.89. The van der Waals surface area contributed by atoms with Crippen molar-refractivity contribution < 1.29 is 0 Å². The lowest BCUT2D eigenvalue weighted by Crippen LogP contribution is -2.40. The van der Waals surface area contributed by atoms with Gasteiger partial charge in [0.05, 0.1) is 0 Å². The maximum absolute atomic E-state index is 6.19. The fraction of sp³-hybridized carbons (Fsp3) is 0.545. The third-order valence-electron chi connectivity index (χ3n) is 2.67. The number of rotatable bonds is 4. The molecule has 0 bridgehead atoms. The summed E-state index contributed by atoms with van der Waals surface area (Å²) in [7, 11) is 0. The molecule has 0 saturated carbocycles. The summed E-state index contributed by atoms with van der Waals surface area (Å²) in [6, 6.07) is 5.97. The van der Waals surface area contributed by atoms with Crippen molar-refractivity contribution >= 4 is 0 Å². The van der Waals surface area contributed by atoms with Crippen molar-refractivity contribution in [3.63, 3.8) is 0 Å². The number of nitrogens with two attached hydrogens (primary N) is 1. The van der Waals surface area contributed by atoms with E-state index in [4.69, 9.17) is 5.73 Å². The molecule has 72 valence electrons. The van der Waals surface area contributed by atoms with E-state index in [1.807, 2.05) is 24.4 Å². The molecule has 13 heavy (non-hydrogen) atoms. The van der Waals surface area contributed by atoms with Crippen LogP contribution < -0.4 is 5.73 Å². The second-order valence-corrected chi connectivity index (χ2v) is 3.57. The van der Waals surface area contributed by atoms with Crippen LogP contribution in [0.1, 0.15) is 32.4 Å². The Morgan fingerprint density at radius 3 is 2.46 bits per heavy atom. The minimum atomic E-state index is -0.0750. The highest BCUT2D eigenvalue weighted by molar-refractivity contribution is 5.07. The molecule has 0 aliphatic rings. The predicted octanol–water partition coefficient (Wildman–Crippen LogP) is 2.14. The maximum atomic E-state index is 6.19. The van der Waals surface area contributed by atoms with Gasteiger partial charge in [0.2, 0.25) is 0 Å². The highest BCUT2D eigenvalue weighted by Crippen LogP contribution is 2.16. The lowest BCUT2D eigenvalue weighted by molar-refractivity contribution is 0.389. The molecule has 1 aromatic heterocycles. The molecular weight excluding hydrogens is 160 g/mol. The van der Waals surface area contributed by atoms with Crippen molar-refractivity contribution in [1.29, 1.82) is 0 Å². The summed E-state index contributed by atoms with van der Waals surface area (Å²) in [6.07, 6.45) is 4.70. The normalized spacial score (nSPS) is 11.6. The highest BCUT2D eigenvalue weighted by atomic mass is 14.8. The van der Waals surface area contributed by atoms with E-state index in [1.165, 1.54) is 0 Å². The Bertz CT molecular complexity index is 240. The van der Waals surface area contributed by atoms with Gasteiger partial charge in [-0.2, -0.15) is 0 Å². The zero-order valence-electron chi connectivity index (χ0n) is 8.46. The predicted molar refractivity (Wildman–Crippen MR) is 55.4 cm³/mol. The number of aromatic nitrogens is 1. The molecule has 1 rings (SSSR count). The van der Waals surface area contributed by atoms with Gasteiger partial charge >= 0.3 is 0 Å². The summed E-state index contributed by atoms with van der Waals surface area (Å²) in [6.45, 7) is 4.26. The van der Waals surface area contributed by atoms with Crippen LogP contribution in [-0.4, -0.2) is 10.5 Å². The van der Waals surface area contributed by atoms with Crippen LogP contribution in [0.2, 0.25) is 0 Å². The summed E-state index contributed by atoms with van der Waals surface area (Å²) < 4.78 is 0. The quantitative estimate of drug-likeness (QED) is 0.767. The van der Waals surface area contributed by atoms with Crippen molar-refractivity contribution in [2.24, 2.45) is 5.73 Å². The first kappa shape index (κ1) is 10.2. The Kier molecular flexibility index (Phi) is 3.43. The summed E-state index contributed by atoms with van der Waals surface area (Å²) in [5.41, 5.74) is 7.20. The van der Waals surface area contributed by atoms with E-state index >= 15 is 0 Å². The molecule has 2 heteroatoms. The van der Waals surface area contributed by atoms with Gasteiger partial charge in [0, 0.05) is 23.9 Å². The molecule has 0 atom stereocenters. The Hall–Kier alpha value is -0.890. The van der Waals surface area contributed by atoms with E-state index < -0.39 is 0 Å². The van der Waals surface area contributed by atoms with Crippen LogP contribution in [0.15, 0.2) is 24.4 Å². The standard InChI is InChI=1S/C11H18N2/c1-3-11(12,4-2)9-10-7-5-6-8-13-10/h5-8H,3-4,9,12H2,1-2H3. The third kappa shape index (κ3) is 2.81. The van der Waals surface area contributed by atoms with Crippen molar-refractivity contribution in [3.05, 3.63) is 30.1 Å². The first-order chi connectivity index (χ1) is 6.20. The summed E-state index contributed by atoms with van der Waals surface area (Å²) in [4.78, 5) is 4.28. The molecule has 0 spiro atoms. The van der Waals surface area contributed by atoms with E-state index in [0.717, 1.165) is 25.0 Å². The number of hydrogen-bond acceptors (Lipinski definition) is 2. The molecule has 2 nitrogen and oxygen atoms in total. The number of hydrogen-bond donors (Lipinski definition) is 1. The Labute approximate surface area is 80.2 Å². The van der Waals surface area contributed by atoms with E-state index in [9.17, 15) is 0 Å². The van der Waals surface area contributed by atoms with Crippen LogP contribution in [-0.2, 0) is 6.42 Å². The lowest BCUT2D eigenvalue weighted by Gasteiger charge is -2.25. The van der Waals surface area contributed by atoms with Crippen LogP contribution in [0.5, 0.6) is 0 Å². The minimum Gasteiger partial charge on any atom is -0.325 e. The monoisotopic (exact) mass is 178 g/mol. The molecule has 1 aromatic rings. The van der Waals surface area contributed by atoms with Crippen molar-refractivity contribution in [2.45, 2.75) is 38.6 Å². The van der Waals surface area contributed by atoms with Gasteiger partial charge in [-0.25, -0.2) is 0 Å². The largest absolute Gasteiger partial charge is 0.325 e. The van der Waals surface area contributed by atoms with Crippen molar-refractivity contribution in [2.75, 3.05) is 0 Å². The molecular formula is C11H18N2. The summed E-state index contributed by atoms with van der Waals surface area (Å²) in [5, 5.41) is 0. The minimum absolute atomic E-state index is 0.0750. The van der Waals surface area contributed by atoms with E-state index in [0.29, 0.717) is 0 Å². The zero-order chi connectivity index (χ0) is 9.73. The van der Waals surface area contributed by atoms with E-state index in [-0.39, 0.29) is 5.54 Å². The first-order valence-corrected chi connectivity index (χ1v) is 4.89. The van der Waals surface area contributed by atoms with Gasteiger partial charge < -0.3 is 5.73 Å². The van der Waals surface area contributed by atoms with Crippen LogP contribution in [0.25, 0.3) is 0 Å². The Morgan fingerprint density at radius 2 is 2.00 bits per heavy atom. The number of nitrogens with zero attached hydrogens (tertiary/aromatic N) is 1. The average Bonchev–Trinajstić information content (AvgIpc) is 2.19. The van der Waals surface area contributed by atoms with Crippen LogP contribution >= 0.6 is 0 Å². The van der Waals surface area contributed by atoms with E-state index in [1.54, 1.807) is 0 Å². The highest BCUT2D eigenvalue weighted by Gasteiger charge is 2.20. The molecule has 0 unspecified atom stereocenters. The smallest absolute Gasteiger partial charge is 0.0421 e. The molecule has 0 aliphatic carbocycles. The van der Waals surface area contributed by atoms with Gasteiger partial charge in [-0.15, -0.1) is 0 Å². The SMILES string of the molecule is CCC(N)(CC)Cc1ccccn1. The van der Waals surface area contributed by atoms with E-state index in [2.05, 4.69) is 18.8 Å². The van der Waals surface area contributed by atoms with Gasteiger partial charge in [0.1, 0.15) is 0 Å². The zero-order valence-corrected chi connectivity index (χ0v) is 8.46. The van der Waals surface area contributed by atoms with Crippen LogP contribution in [0, 0.1) is 0 Å². The van der Waals surface area contributed by atoms with Gasteiger partial charge in [0.15, 0.2) is 0 Å². The molecule has 0 amide bonds. The van der Waals surface area contributed by atoms with Crippen molar-refractivity contribution in [3.8, 4) is 0 Å². The first-order valence-electron chi connectivity index (χ1n) is 4.89.